The predicted molar refractivity (Wildman–Crippen MR) is 98.4 cm³/mol. The van der Waals surface area contributed by atoms with Crippen LogP contribution in [0.3, 0.4) is 0 Å². The summed E-state index contributed by atoms with van der Waals surface area (Å²) in [7, 11) is 1.83. The standard InChI is InChI=1S/C20H19NOS/c1-14-8-10-16(11-9-14)20(22)21(3)17-12-19(23-13-17)18-7-5-4-6-15(18)2/h4-13H,1-3H3. The molecule has 0 bridgehead atoms. The van der Waals surface area contributed by atoms with E-state index in [1.807, 2.05) is 55.7 Å². The molecule has 0 spiro atoms. The Kier molecular flexibility index (Phi) is 4.30. The van der Waals surface area contributed by atoms with E-state index in [1.165, 1.54) is 16.0 Å². The molecule has 0 unspecified atom stereocenters. The highest BCUT2D eigenvalue weighted by atomic mass is 32.1. The van der Waals surface area contributed by atoms with E-state index in [-0.39, 0.29) is 5.91 Å². The van der Waals surface area contributed by atoms with Gasteiger partial charge in [-0.1, -0.05) is 42.0 Å². The minimum atomic E-state index is 0.0131. The lowest BCUT2D eigenvalue weighted by Crippen LogP contribution is -2.25. The molecule has 0 saturated heterocycles. The SMILES string of the molecule is Cc1ccc(C(=O)N(C)c2csc(-c3ccccc3C)c2)cc1. The van der Waals surface area contributed by atoms with E-state index in [9.17, 15) is 4.79 Å². The Labute approximate surface area is 141 Å². The molecule has 1 heterocycles. The quantitative estimate of drug-likeness (QED) is 0.640. The first-order valence-electron chi connectivity index (χ1n) is 7.55. The lowest BCUT2D eigenvalue weighted by atomic mass is 10.1. The molecular formula is C20H19NOS. The molecule has 0 radical (unpaired) electrons. The Morgan fingerprint density at radius 3 is 2.39 bits per heavy atom. The summed E-state index contributed by atoms with van der Waals surface area (Å²) in [6, 6.07) is 18.1. The van der Waals surface area contributed by atoms with E-state index in [2.05, 4.69) is 25.1 Å². The number of aryl methyl sites for hydroxylation is 2. The first kappa shape index (κ1) is 15.5. The first-order chi connectivity index (χ1) is 11.1. The third-order valence-electron chi connectivity index (χ3n) is 3.99. The number of carbonyl (C=O) groups is 1. The van der Waals surface area contributed by atoms with Gasteiger partial charge in [0.05, 0.1) is 5.69 Å². The van der Waals surface area contributed by atoms with Crippen molar-refractivity contribution in [2.24, 2.45) is 0 Å². The number of hydrogen-bond acceptors (Lipinski definition) is 2. The molecule has 0 aliphatic carbocycles. The van der Waals surface area contributed by atoms with Gasteiger partial charge in [0.1, 0.15) is 0 Å². The third kappa shape index (κ3) is 3.20. The maximum atomic E-state index is 12.6. The molecule has 1 amide bonds. The Bertz CT molecular complexity index is 833. The third-order valence-corrected chi connectivity index (χ3v) is 4.94. The summed E-state index contributed by atoms with van der Waals surface area (Å²) in [5, 5.41) is 2.04. The highest BCUT2D eigenvalue weighted by molar-refractivity contribution is 7.14. The number of carbonyl (C=O) groups excluding carboxylic acids is 1. The largest absolute Gasteiger partial charge is 0.311 e. The highest BCUT2D eigenvalue weighted by Gasteiger charge is 2.15. The van der Waals surface area contributed by atoms with Gasteiger partial charge in [0.25, 0.3) is 5.91 Å². The number of hydrogen-bond donors (Lipinski definition) is 0. The van der Waals surface area contributed by atoms with Crippen molar-refractivity contribution in [1.82, 2.24) is 0 Å². The molecule has 116 valence electrons. The van der Waals surface area contributed by atoms with Gasteiger partial charge in [-0.3, -0.25) is 4.79 Å². The Morgan fingerprint density at radius 1 is 1.00 bits per heavy atom. The molecule has 0 atom stereocenters. The lowest BCUT2D eigenvalue weighted by Gasteiger charge is -2.15. The molecule has 0 aliphatic heterocycles. The summed E-state index contributed by atoms with van der Waals surface area (Å²) in [5.41, 5.74) is 5.26. The molecule has 0 N–H and O–H groups in total. The van der Waals surface area contributed by atoms with Crippen molar-refractivity contribution in [3.05, 3.63) is 76.7 Å². The van der Waals surface area contributed by atoms with Crippen LogP contribution in [0.4, 0.5) is 5.69 Å². The molecule has 0 fully saturated rings. The molecule has 3 aromatic rings. The maximum absolute atomic E-state index is 12.6. The first-order valence-corrected chi connectivity index (χ1v) is 8.43. The van der Waals surface area contributed by atoms with Crippen molar-refractivity contribution in [2.75, 3.05) is 11.9 Å². The fraction of sp³-hybridized carbons (Fsp3) is 0.150. The van der Waals surface area contributed by atoms with Gasteiger partial charge in [0.15, 0.2) is 0 Å². The number of thiophene rings is 1. The lowest BCUT2D eigenvalue weighted by molar-refractivity contribution is 0.0993. The van der Waals surface area contributed by atoms with E-state index < -0.39 is 0 Å². The monoisotopic (exact) mass is 321 g/mol. The second-order valence-corrected chi connectivity index (χ2v) is 6.63. The minimum absolute atomic E-state index is 0.0131. The number of anilines is 1. The van der Waals surface area contributed by atoms with Crippen molar-refractivity contribution in [3.63, 3.8) is 0 Å². The summed E-state index contributed by atoms with van der Waals surface area (Å²) in [6.07, 6.45) is 0. The normalized spacial score (nSPS) is 10.6. The highest BCUT2D eigenvalue weighted by Crippen LogP contribution is 2.33. The molecule has 0 aliphatic rings. The molecule has 23 heavy (non-hydrogen) atoms. The Balaban J connectivity index is 1.86. The van der Waals surface area contributed by atoms with Gasteiger partial charge in [-0.2, -0.15) is 0 Å². The molecule has 2 aromatic carbocycles. The number of amides is 1. The summed E-state index contributed by atoms with van der Waals surface area (Å²) < 4.78 is 0. The number of rotatable bonds is 3. The maximum Gasteiger partial charge on any atom is 0.258 e. The molecule has 2 nitrogen and oxygen atoms in total. The van der Waals surface area contributed by atoms with Crippen LogP contribution in [0.15, 0.2) is 60.0 Å². The van der Waals surface area contributed by atoms with Crippen LogP contribution in [0, 0.1) is 13.8 Å². The van der Waals surface area contributed by atoms with Crippen molar-refractivity contribution in [2.45, 2.75) is 13.8 Å². The van der Waals surface area contributed by atoms with Crippen LogP contribution in [0.5, 0.6) is 0 Å². The summed E-state index contributed by atoms with van der Waals surface area (Å²) >= 11 is 1.67. The Hall–Kier alpha value is -2.39. The molecule has 3 heteroatoms. The van der Waals surface area contributed by atoms with E-state index in [4.69, 9.17) is 0 Å². The average Bonchev–Trinajstić information content (AvgIpc) is 3.04. The topological polar surface area (TPSA) is 20.3 Å². The van der Waals surface area contributed by atoms with E-state index in [0.717, 1.165) is 11.3 Å². The van der Waals surface area contributed by atoms with Crippen molar-refractivity contribution in [1.29, 1.82) is 0 Å². The zero-order chi connectivity index (χ0) is 16.4. The van der Waals surface area contributed by atoms with Crippen LogP contribution >= 0.6 is 11.3 Å². The van der Waals surface area contributed by atoms with E-state index in [0.29, 0.717) is 5.56 Å². The van der Waals surface area contributed by atoms with Crippen LogP contribution in [-0.2, 0) is 0 Å². The van der Waals surface area contributed by atoms with E-state index >= 15 is 0 Å². The van der Waals surface area contributed by atoms with Gasteiger partial charge < -0.3 is 4.90 Å². The van der Waals surface area contributed by atoms with Crippen LogP contribution in [-0.4, -0.2) is 13.0 Å². The molecule has 0 saturated carbocycles. The van der Waals surface area contributed by atoms with Gasteiger partial charge >= 0.3 is 0 Å². The molecule has 1 aromatic heterocycles. The average molecular weight is 321 g/mol. The van der Waals surface area contributed by atoms with Gasteiger partial charge in [-0.25, -0.2) is 0 Å². The van der Waals surface area contributed by atoms with Gasteiger partial charge in [-0.15, -0.1) is 11.3 Å². The van der Waals surface area contributed by atoms with Gasteiger partial charge in [0.2, 0.25) is 0 Å². The van der Waals surface area contributed by atoms with Crippen molar-refractivity contribution < 1.29 is 4.79 Å². The molecule has 3 rings (SSSR count). The van der Waals surface area contributed by atoms with Crippen molar-refractivity contribution >= 4 is 22.9 Å². The second-order valence-electron chi connectivity index (χ2n) is 5.71. The zero-order valence-electron chi connectivity index (χ0n) is 13.5. The van der Waals surface area contributed by atoms with Crippen LogP contribution in [0.2, 0.25) is 0 Å². The Morgan fingerprint density at radius 2 is 1.70 bits per heavy atom. The predicted octanol–water partition coefficient (Wildman–Crippen LogP) is 5.31. The van der Waals surface area contributed by atoms with Crippen molar-refractivity contribution in [3.8, 4) is 10.4 Å². The van der Waals surface area contributed by atoms with Crippen LogP contribution in [0.1, 0.15) is 21.5 Å². The number of nitrogens with zero attached hydrogens (tertiary/aromatic N) is 1. The van der Waals surface area contributed by atoms with Crippen LogP contribution in [0.25, 0.3) is 10.4 Å². The summed E-state index contributed by atoms with van der Waals surface area (Å²) in [6.45, 7) is 4.13. The summed E-state index contributed by atoms with van der Waals surface area (Å²) in [4.78, 5) is 15.5. The zero-order valence-corrected chi connectivity index (χ0v) is 14.4. The smallest absolute Gasteiger partial charge is 0.258 e. The fourth-order valence-corrected chi connectivity index (χ4v) is 3.52. The fourth-order valence-electron chi connectivity index (χ4n) is 2.50. The second kappa shape index (κ2) is 6.39. The van der Waals surface area contributed by atoms with Crippen LogP contribution < -0.4 is 4.90 Å². The van der Waals surface area contributed by atoms with Gasteiger partial charge in [-0.05, 0) is 43.2 Å². The van der Waals surface area contributed by atoms with E-state index in [1.54, 1.807) is 16.2 Å². The molecular weight excluding hydrogens is 302 g/mol. The minimum Gasteiger partial charge on any atom is -0.311 e. The van der Waals surface area contributed by atoms with Gasteiger partial charge in [0, 0.05) is 22.9 Å². The summed E-state index contributed by atoms with van der Waals surface area (Å²) in [5.74, 6) is 0.0131. The number of benzene rings is 2.